The van der Waals surface area contributed by atoms with Crippen LogP contribution in [0.3, 0.4) is 0 Å². The Morgan fingerprint density at radius 3 is 2.61 bits per heavy atom. The van der Waals surface area contributed by atoms with E-state index in [0.29, 0.717) is 17.3 Å². The van der Waals surface area contributed by atoms with Crippen molar-refractivity contribution in [3.8, 4) is 5.75 Å². The molecule has 0 saturated carbocycles. The lowest BCUT2D eigenvalue weighted by Gasteiger charge is -2.10. The number of halogens is 1. The number of hydrogen-bond acceptors (Lipinski definition) is 5. The zero-order valence-electron chi connectivity index (χ0n) is 15.8. The van der Waals surface area contributed by atoms with Crippen molar-refractivity contribution in [3.05, 3.63) is 68.3 Å². The van der Waals surface area contributed by atoms with Gasteiger partial charge in [0.15, 0.2) is 6.61 Å². The molecule has 1 heterocycles. The van der Waals surface area contributed by atoms with Crippen molar-refractivity contribution in [2.45, 2.75) is 33.9 Å². The predicted octanol–water partition coefficient (Wildman–Crippen LogP) is 5.11. The van der Waals surface area contributed by atoms with Crippen LogP contribution < -0.4 is 10.1 Å². The van der Waals surface area contributed by atoms with Crippen molar-refractivity contribution in [3.63, 3.8) is 0 Å². The highest BCUT2D eigenvalue weighted by molar-refractivity contribution is 9.10. The van der Waals surface area contributed by atoms with Gasteiger partial charge in [0.2, 0.25) is 5.91 Å². The van der Waals surface area contributed by atoms with Crippen LogP contribution in [0.4, 0.5) is 5.69 Å². The first-order chi connectivity index (χ1) is 13.3. The number of ether oxygens (including phenoxy) is 1. The van der Waals surface area contributed by atoms with Gasteiger partial charge in [-0.1, -0.05) is 17.7 Å². The van der Waals surface area contributed by atoms with Gasteiger partial charge in [-0.15, -0.1) is 5.10 Å². The van der Waals surface area contributed by atoms with Crippen molar-refractivity contribution in [1.29, 1.82) is 0 Å². The van der Waals surface area contributed by atoms with Crippen LogP contribution in [0.5, 0.6) is 5.75 Å². The van der Waals surface area contributed by atoms with E-state index in [2.05, 4.69) is 26.3 Å². The van der Waals surface area contributed by atoms with Crippen molar-refractivity contribution in [2.75, 3.05) is 5.32 Å². The average molecular weight is 462 g/mol. The molecule has 1 amide bonds. The van der Waals surface area contributed by atoms with E-state index in [1.807, 2.05) is 57.2 Å². The van der Waals surface area contributed by atoms with E-state index >= 15 is 0 Å². The highest BCUT2D eigenvalue weighted by Crippen LogP contribution is 2.26. The Labute approximate surface area is 176 Å². The summed E-state index contributed by atoms with van der Waals surface area (Å²) in [5, 5.41) is 7.09. The number of rotatable bonds is 6. The molecule has 3 aromatic rings. The summed E-state index contributed by atoms with van der Waals surface area (Å²) in [6.45, 7) is 6.09. The van der Waals surface area contributed by atoms with E-state index < -0.39 is 0 Å². The monoisotopic (exact) mass is 461 g/mol. The maximum absolute atomic E-state index is 12.4. The second kappa shape index (κ2) is 8.70. The molecule has 0 fully saturated rings. The van der Waals surface area contributed by atoms with Gasteiger partial charge < -0.3 is 14.5 Å². The molecule has 0 aliphatic carbocycles. The SMILES string of the molecule is Cc1ccc(OCc2nn(CC(=O)Nc3cc(C)c(C)cc3Br)c(=S)o2)cc1. The van der Waals surface area contributed by atoms with Crippen LogP contribution in [-0.2, 0) is 17.9 Å². The smallest absolute Gasteiger partial charge is 0.287 e. The van der Waals surface area contributed by atoms with Gasteiger partial charge in [0.1, 0.15) is 12.3 Å². The second-order valence-electron chi connectivity index (χ2n) is 6.49. The first-order valence-electron chi connectivity index (χ1n) is 8.64. The van der Waals surface area contributed by atoms with Gasteiger partial charge in [-0.05, 0) is 84.3 Å². The maximum Gasteiger partial charge on any atom is 0.287 e. The van der Waals surface area contributed by atoms with Crippen molar-refractivity contribution < 1.29 is 13.9 Å². The van der Waals surface area contributed by atoms with E-state index in [4.69, 9.17) is 21.4 Å². The molecule has 0 bridgehead atoms. The molecule has 0 saturated heterocycles. The predicted molar refractivity (Wildman–Crippen MR) is 113 cm³/mol. The van der Waals surface area contributed by atoms with Gasteiger partial charge >= 0.3 is 0 Å². The number of hydrogen-bond donors (Lipinski definition) is 1. The van der Waals surface area contributed by atoms with Gasteiger partial charge in [0.05, 0.1) is 5.69 Å². The van der Waals surface area contributed by atoms with Crippen LogP contribution in [0.1, 0.15) is 22.6 Å². The Morgan fingerprint density at radius 2 is 1.89 bits per heavy atom. The number of benzene rings is 2. The Morgan fingerprint density at radius 1 is 1.21 bits per heavy atom. The van der Waals surface area contributed by atoms with Gasteiger partial charge in [0.25, 0.3) is 10.7 Å². The standard InChI is InChI=1S/C20H20BrN3O3S/c1-12-4-6-15(7-5-12)26-11-19-23-24(20(28)27-19)10-18(25)22-17-9-14(3)13(2)8-16(17)21/h4-9H,10-11H2,1-3H3,(H,22,25). The molecular formula is C20H20BrN3O3S. The zero-order chi connectivity index (χ0) is 20.3. The fourth-order valence-electron chi connectivity index (χ4n) is 2.49. The number of aryl methyl sites for hydroxylation is 3. The van der Waals surface area contributed by atoms with Crippen molar-refractivity contribution in [2.24, 2.45) is 0 Å². The highest BCUT2D eigenvalue weighted by Gasteiger charge is 2.12. The molecule has 1 aromatic heterocycles. The first-order valence-corrected chi connectivity index (χ1v) is 9.85. The summed E-state index contributed by atoms with van der Waals surface area (Å²) in [7, 11) is 0. The largest absolute Gasteiger partial charge is 0.484 e. The number of carbonyl (C=O) groups excluding carboxylic acids is 1. The van der Waals surface area contributed by atoms with Gasteiger partial charge in [-0.3, -0.25) is 4.79 Å². The van der Waals surface area contributed by atoms with E-state index in [9.17, 15) is 4.79 Å². The summed E-state index contributed by atoms with van der Waals surface area (Å²) in [5.74, 6) is 0.767. The zero-order valence-corrected chi connectivity index (χ0v) is 18.2. The lowest BCUT2D eigenvalue weighted by molar-refractivity contribution is -0.117. The van der Waals surface area contributed by atoms with Gasteiger partial charge in [0, 0.05) is 4.47 Å². The number of nitrogens with one attached hydrogen (secondary N) is 1. The lowest BCUT2D eigenvalue weighted by atomic mass is 10.1. The first kappa shape index (κ1) is 20.3. The number of nitrogens with zero attached hydrogens (tertiary/aromatic N) is 2. The molecule has 2 aromatic carbocycles. The number of anilines is 1. The molecule has 0 spiro atoms. The van der Waals surface area contributed by atoms with Crippen LogP contribution in [0, 0.1) is 25.6 Å². The topological polar surface area (TPSA) is 69.3 Å². The summed E-state index contributed by atoms with van der Waals surface area (Å²) in [6, 6.07) is 11.5. The summed E-state index contributed by atoms with van der Waals surface area (Å²) in [5.41, 5.74) is 4.08. The molecule has 3 rings (SSSR count). The third kappa shape index (κ3) is 5.08. The fourth-order valence-corrected chi connectivity index (χ4v) is 3.25. The molecule has 1 N–H and O–H groups in total. The minimum absolute atomic E-state index is 0.0494. The summed E-state index contributed by atoms with van der Waals surface area (Å²) in [4.78, 5) is 12.5. The van der Waals surface area contributed by atoms with Crippen molar-refractivity contribution in [1.82, 2.24) is 9.78 Å². The molecule has 0 aliphatic rings. The third-order valence-corrected chi connectivity index (χ3v) is 5.13. The highest BCUT2D eigenvalue weighted by atomic mass is 79.9. The fraction of sp³-hybridized carbons (Fsp3) is 0.250. The van der Waals surface area contributed by atoms with E-state index in [0.717, 1.165) is 21.2 Å². The molecule has 6 nitrogen and oxygen atoms in total. The Kier molecular flexibility index (Phi) is 6.31. The maximum atomic E-state index is 12.4. The minimum Gasteiger partial charge on any atom is -0.484 e. The van der Waals surface area contributed by atoms with Crippen LogP contribution in [-0.4, -0.2) is 15.7 Å². The lowest BCUT2D eigenvalue weighted by Crippen LogP contribution is -2.20. The average Bonchev–Trinajstić information content (AvgIpc) is 2.98. The molecule has 0 unspecified atom stereocenters. The third-order valence-electron chi connectivity index (χ3n) is 4.18. The molecule has 0 atom stereocenters. The van der Waals surface area contributed by atoms with Gasteiger partial charge in [-0.2, -0.15) is 0 Å². The van der Waals surface area contributed by atoms with Crippen molar-refractivity contribution >= 4 is 39.7 Å². The van der Waals surface area contributed by atoms with E-state index in [1.165, 1.54) is 4.68 Å². The summed E-state index contributed by atoms with van der Waals surface area (Å²) >= 11 is 8.62. The van der Waals surface area contributed by atoms with Crippen LogP contribution >= 0.6 is 28.1 Å². The Balaban J connectivity index is 1.63. The molecule has 0 aliphatic heterocycles. The van der Waals surface area contributed by atoms with Gasteiger partial charge in [-0.25, -0.2) is 4.68 Å². The molecular weight excluding hydrogens is 442 g/mol. The molecule has 8 heteroatoms. The van der Waals surface area contributed by atoms with E-state index in [-0.39, 0.29) is 23.9 Å². The second-order valence-corrected chi connectivity index (χ2v) is 7.69. The van der Waals surface area contributed by atoms with E-state index in [1.54, 1.807) is 0 Å². The Hall–Kier alpha value is -2.45. The minimum atomic E-state index is -0.251. The van der Waals surface area contributed by atoms with Crippen LogP contribution in [0.2, 0.25) is 0 Å². The summed E-state index contributed by atoms with van der Waals surface area (Å²) in [6.07, 6.45) is 0. The molecule has 28 heavy (non-hydrogen) atoms. The van der Waals surface area contributed by atoms with Crippen LogP contribution in [0.25, 0.3) is 0 Å². The Bertz CT molecular complexity index is 1060. The van der Waals surface area contributed by atoms with Crippen LogP contribution in [0.15, 0.2) is 45.3 Å². The normalized spacial score (nSPS) is 10.7. The number of amides is 1. The molecule has 146 valence electrons. The quantitative estimate of drug-likeness (QED) is 0.516. The number of carbonyl (C=O) groups is 1. The number of aromatic nitrogens is 2. The summed E-state index contributed by atoms with van der Waals surface area (Å²) < 4.78 is 13.2. The molecule has 0 radical (unpaired) electrons.